The first-order valence-electron chi connectivity index (χ1n) is 5.94. The van der Waals surface area contributed by atoms with Gasteiger partial charge in [0.05, 0.1) is 12.7 Å². The van der Waals surface area contributed by atoms with Gasteiger partial charge >= 0.3 is 0 Å². The Kier molecular flexibility index (Phi) is 6.52. The Morgan fingerprint density at radius 1 is 1.53 bits per heavy atom. The highest BCUT2D eigenvalue weighted by molar-refractivity contribution is 7.98. The SMILES string of the molecule is COc1cc(CN(C)CCSC)ccc1/C(N)=N/O. The summed E-state index contributed by atoms with van der Waals surface area (Å²) in [5.41, 5.74) is 7.33. The van der Waals surface area contributed by atoms with Crippen LogP contribution in [-0.4, -0.2) is 48.7 Å². The van der Waals surface area contributed by atoms with E-state index in [2.05, 4.69) is 23.4 Å². The fourth-order valence-corrected chi connectivity index (χ4v) is 2.23. The summed E-state index contributed by atoms with van der Waals surface area (Å²) in [7, 11) is 3.66. The van der Waals surface area contributed by atoms with Crippen LogP contribution in [0.15, 0.2) is 23.4 Å². The van der Waals surface area contributed by atoms with Crippen molar-refractivity contribution in [3.63, 3.8) is 0 Å². The number of hydrogen-bond acceptors (Lipinski definition) is 5. The number of benzene rings is 1. The van der Waals surface area contributed by atoms with Gasteiger partial charge in [0.15, 0.2) is 5.84 Å². The largest absolute Gasteiger partial charge is 0.496 e. The fourth-order valence-electron chi connectivity index (χ4n) is 1.74. The van der Waals surface area contributed by atoms with E-state index in [4.69, 9.17) is 15.7 Å². The van der Waals surface area contributed by atoms with E-state index in [0.29, 0.717) is 11.3 Å². The van der Waals surface area contributed by atoms with Gasteiger partial charge in [-0.3, -0.25) is 0 Å². The molecule has 1 rings (SSSR count). The Hall–Kier alpha value is -1.40. The van der Waals surface area contributed by atoms with E-state index < -0.39 is 0 Å². The minimum absolute atomic E-state index is 0.0548. The van der Waals surface area contributed by atoms with Crippen molar-refractivity contribution in [1.82, 2.24) is 4.90 Å². The minimum atomic E-state index is 0.0548. The van der Waals surface area contributed by atoms with Crippen molar-refractivity contribution in [3.8, 4) is 5.75 Å². The molecule has 0 bridgehead atoms. The summed E-state index contributed by atoms with van der Waals surface area (Å²) in [6.45, 7) is 1.87. The summed E-state index contributed by atoms with van der Waals surface area (Å²) in [6.07, 6.45) is 2.10. The van der Waals surface area contributed by atoms with Crippen LogP contribution in [0.25, 0.3) is 0 Å². The summed E-state index contributed by atoms with van der Waals surface area (Å²) in [5.74, 6) is 1.78. The second kappa shape index (κ2) is 7.91. The van der Waals surface area contributed by atoms with Crippen LogP contribution in [0.3, 0.4) is 0 Å². The van der Waals surface area contributed by atoms with E-state index >= 15 is 0 Å². The highest BCUT2D eigenvalue weighted by atomic mass is 32.2. The van der Waals surface area contributed by atoms with E-state index in [-0.39, 0.29) is 5.84 Å². The lowest BCUT2D eigenvalue weighted by Gasteiger charge is -2.17. The third-order valence-electron chi connectivity index (χ3n) is 2.78. The van der Waals surface area contributed by atoms with Gasteiger partial charge in [-0.2, -0.15) is 11.8 Å². The third kappa shape index (κ3) is 4.65. The molecule has 0 heterocycles. The van der Waals surface area contributed by atoms with Crippen LogP contribution < -0.4 is 10.5 Å². The van der Waals surface area contributed by atoms with Gasteiger partial charge in [0, 0.05) is 18.8 Å². The van der Waals surface area contributed by atoms with Crippen LogP contribution in [0.1, 0.15) is 11.1 Å². The zero-order valence-electron chi connectivity index (χ0n) is 11.6. The average molecular weight is 283 g/mol. The second-order valence-electron chi connectivity index (χ2n) is 4.25. The molecule has 0 unspecified atom stereocenters. The fraction of sp³-hybridized carbons (Fsp3) is 0.462. The lowest BCUT2D eigenvalue weighted by Crippen LogP contribution is -2.21. The Morgan fingerprint density at radius 3 is 2.84 bits per heavy atom. The van der Waals surface area contributed by atoms with Crippen molar-refractivity contribution >= 4 is 17.6 Å². The number of nitrogens with two attached hydrogens (primary N) is 1. The standard InChI is InChI=1S/C13H21N3O2S/c1-16(6-7-19-3)9-10-4-5-11(13(14)15-17)12(8-10)18-2/h4-5,8,17H,6-7,9H2,1-3H3,(H2,14,15). The predicted molar refractivity (Wildman–Crippen MR) is 80.2 cm³/mol. The monoisotopic (exact) mass is 283 g/mol. The molecule has 0 saturated carbocycles. The average Bonchev–Trinajstić information content (AvgIpc) is 2.44. The Labute approximate surface area is 118 Å². The highest BCUT2D eigenvalue weighted by Crippen LogP contribution is 2.20. The quantitative estimate of drug-likeness (QED) is 0.344. The molecule has 0 aliphatic heterocycles. The molecule has 0 amide bonds. The molecular weight excluding hydrogens is 262 g/mol. The number of oxime groups is 1. The van der Waals surface area contributed by atoms with Crippen molar-refractivity contribution in [1.29, 1.82) is 0 Å². The molecule has 0 atom stereocenters. The van der Waals surface area contributed by atoms with Crippen LogP contribution in [0.5, 0.6) is 5.75 Å². The van der Waals surface area contributed by atoms with Gasteiger partial charge in [-0.25, -0.2) is 0 Å². The maximum absolute atomic E-state index is 8.72. The van der Waals surface area contributed by atoms with Crippen molar-refractivity contribution < 1.29 is 9.94 Å². The summed E-state index contributed by atoms with van der Waals surface area (Å²) in [5, 5.41) is 11.7. The van der Waals surface area contributed by atoms with Crippen LogP contribution in [0, 0.1) is 0 Å². The molecule has 0 radical (unpaired) electrons. The molecule has 3 N–H and O–H groups in total. The highest BCUT2D eigenvalue weighted by Gasteiger charge is 2.09. The Balaban J connectivity index is 2.82. The van der Waals surface area contributed by atoms with Crippen molar-refractivity contribution in [2.75, 3.05) is 32.7 Å². The van der Waals surface area contributed by atoms with Gasteiger partial charge in [-0.15, -0.1) is 0 Å². The van der Waals surface area contributed by atoms with Crippen molar-refractivity contribution in [2.24, 2.45) is 10.9 Å². The predicted octanol–water partition coefficient (Wildman–Crippen LogP) is 1.58. The molecule has 106 valence electrons. The second-order valence-corrected chi connectivity index (χ2v) is 5.24. The van der Waals surface area contributed by atoms with E-state index in [9.17, 15) is 0 Å². The van der Waals surface area contributed by atoms with Gasteiger partial charge in [0.2, 0.25) is 0 Å². The molecule has 0 spiro atoms. The lowest BCUT2D eigenvalue weighted by molar-refractivity contribution is 0.318. The van der Waals surface area contributed by atoms with Crippen LogP contribution in [0.2, 0.25) is 0 Å². The summed E-state index contributed by atoms with van der Waals surface area (Å²) < 4.78 is 5.28. The first kappa shape index (κ1) is 15.7. The van der Waals surface area contributed by atoms with Crippen LogP contribution in [0.4, 0.5) is 0 Å². The number of nitrogens with zero attached hydrogens (tertiary/aromatic N) is 2. The molecule has 0 aromatic heterocycles. The topological polar surface area (TPSA) is 71.1 Å². The normalized spacial score (nSPS) is 11.9. The molecule has 5 nitrogen and oxygen atoms in total. The summed E-state index contributed by atoms with van der Waals surface area (Å²) in [4.78, 5) is 2.24. The zero-order chi connectivity index (χ0) is 14.3. The van der Waals surface area contributed by atoms with E-state index in [0.717, 1.165) is 24.4 Å². The molecule has 0 aliphatic rings. The zero-order valence-corrected chi connectivity index (χ0v) is 12.4. The van der Waals surface area contributed by atoms with Crippen LogP contribution >= 0.6 is 11.8 Å². The summed E-state index contributed by atoms with van der Waals surface area (Å²) >= 11 is 1.83. The van der Waals surface area contributed by atoms with E-state index in [1.807, 2.05) is 30.0 Å². The lowest BCUT2D eigenvalue weighted by atomic mass is 10.1. The number of rotatable bonds is 7. The van der Waals surface area contributed by atoms with E-state index in [1.165, 1.54) is 0 Å². The van der Waals surface area contributed by atoms with Crippen molar-refractivity contribution in [2.45, 2.75) is 6.54 Å². The summed E-state index contributed by atoms with van der Waals surface area (Å²) in [6, 6.07) is 5.69. The Morgan fingerprint density at radius 2 is 2.26 bits per heavy atom. The maximum atomic E-state index is 8.72. The Bertz CT molecular complexity index is 438. The molecular formula is C13H21N3O2S. The number of amidine groups is 1. The maximum Gasteiger partial charge on any atom is 0.173 e. The van der Waals surface area contributed by atoms with E-state index in [1.54, 1.807) is 7.11 Å². The molecule has 0 fully saturated rings. The van der Waals surface area contributed by atoms with Gasteiger partial charge in [-0.05, 0) is 31.0 Å². The smallest absolute Gasteiger partial charge is 0.173 e. The molecule has 1 aromatic carbocycles. The van der Waals surface area contributed by atoms with Gasteiger partial charge in [-0.1, -0.05) is 11.2 Å². The van der Waals surface area contributed by atoms with Gasteiger partial charge in [0.25, 0.3) is 0 Å². The number of methoxy groups -OCH3 is 1. The van der Waals surface area contributed by atoms with Crippen LogP contribution in [-0.2, 0) is 6.54 Å². The molecule has 0 saturated heterocycles. The first-order chi connectivity index (χ1) is 9.12. The van der Waals surface area contributed by atoms with Gasteiger partial charge < -0.3 is 20.6 Å². The number of hydrogen-bond donors (Lipinski definition) is 2. The first-order valence-corrected chi connectivity index (χ1v) is 7.34. The number of ether oxygens (including phenoxy) is 1. The minimum Gasteiger partial charge on any atom is -0.496 e. The molecule has 6 heteroatoms. The van der Waals surface area contributed by atoms with Crippen molar-refractivity contribution in [3.05, 3.63) is 29.3 Å². The van der Waals surface area contributed by atoms with Gasteiger partial charge in [0.1, 0.15) is 5.75 Å². The molecule has 19 heavy (non-hydrogen) atoms. The third-order valence-corrected chi connectivity index (χ3v) is 3.37. The number of thioether (sulfide) groups is 1. The molecule has 1 aromatic rings. The molecule has 0 aliphatic carbocycles.